The minimum Gasteiger partial charge on any atom is -0.371 e. The summed E-state index contributed by atoms with van der Waals surface area (Å²) in [5.41, 5.74) is 0.755. The van der Waals surface area contributed by atoms with E-state index in [1.165, 1.54) is 6.07 Å². The smallest absolute Gasteiger partial charge is 0.141 e. The minimum atomic E-state index is -0.391. The van der Waals surface area contributed by atoms with Crippen LogP contribution < -0.4 is 0 Å². The first-order valence-electron chi connectivity index (χ1n) is 5.52. The van der Waals surface area contributed by atoms with Crippen molar-refractivity contribution in [3.8, 4) is 0 Å². The van der Waals surface area contributed by atoms with Crippen LogP contribution in [0.1, 0.15) is 39.2 Å². The van der Waals surface area contributed by atoms with Crippen molar-refractivity contribution in [2.75, 3.05) is 0 Å². The fourth-order valence-corrected chi connectivity index (χ4v) is 1.79. The molecule has 3 heteroatoms. The molecule has 1 aromatic rings. The monoisotopic (exact) mass is 244 g/mol. The van der Waals surface area contributed by atoms with Gasteiger partial charge in [0, 0.05) is 0 Å². The molecule has 1 nitrogen and oxygen atoms in total. The average molecular weight is 245 g/mol. The molecular weight excluding hydrogens is 227 g/mol. The van der Waals surface area contributed by atoms with Gasteiger partial charge in [-0.3, -0.25) is 0 Å². The van der Waals surface area contributed by atoms with Crippen LogP contribution in [0.5, 0.6) is 0 Å². The molecule has 90 valence electrons. The highest BCUT2D eigenvalue weighted by Crippen LogP contribution is 2.21. The van der Waals surface area contributed by atoms with E-state index in [4.69, 9.17) is 16.3 Å². The molecule has 0 radical (unpaired) electrons. The molecule has 0 amide bonds. The van der Waals surface area contributed by atoms with E-state index in [9.17, 15) is 4.39 Å². The lowest BCUT2D eigenvalue weighted by atomic mass is 10.0. The molecule has 0 aliphatic rings. The zero-order chi connectivity index (χ0) is 12.2. The van der Waals surface area contributed by atoms with Crippen molar-refractivity contribution >= 4 is 11.6 Å². The predicted octanol–water partition coefficient (Wildman–Crippen LogP) is 4.57. The Hall–Kier alpha value is -0.600. The molecule has 0 unspecified atom stereocenters. The third kappa shape index (κ3) is 4.11. The van der Waals surface area contributed by atoms with E-state index in [-0.39, 0.29) is 10.6 Å². The average Bonchev–Trinajstić information content (AvgIpc) is 2.20. The molecular formula is C13H18ClFO. The standard InChI is InChI=1S/C13H18ClFO/c1-4-7-13(2,3)16-9-10-5-6-12(15)11(14)8-10/h5-6,8H,4,7,9H2,1-3H3. The largest absolute Gasteiger partial charge is 0.371 e. The van der Waals surface area contributed by atoms with E-state index in [1.807, 2.05) is 0 Å². The van der Waals surface area contributed by atoms with Gasteiger partial charge in [0.25, 0.3) is 0 Å². The first kappa shape index (κ1) is 13.5. The molecule has 0 bridgehead atoms. The van der Waals surface area contributed by atoms with E-state index >= 15 is 0 Å². The Morgan fingerprint density at radius 3 is 2.62 bits per heavy atom. The lowest BCUT2D eigenvalue weighted by molar-refractivity contribution is -0.0353. The number of hydrogen-bond donors (Lipinski definition) is 0. The third-order valence-electron chi connectivity index (χ3n) is 2.47. The maximum Gasteiger partial charge on any atom is 0.141 e. The van der Waals surface area contributed by atoms with Crippen LogP contribution >= 0.6 is 11.6 Å². The van der Waals surface area contributed by atoms with Crippen molar-refractivity contribution < 1.29 is 9.13 Å². The topological polar surface area (TPSA) is 9.23 Å². The SMILES string of the molecule is CCCC(C)(C)OCc1ccc(F)c(Cl)c1. The number of benzene rings is 1. The summed E-state index contributed by atoms with van der Waals surface area (Å²) in [5, 5.41) is 0.148. The van der Waals surface area contributed by atoms with Gasteiger partial charge in [-0.2, -0.15) is 0 Å². The molecule has 16 heavy (non-hydrogen) atoms. The van der Waals surface area contributed by atoms with Crippen LogP contribution in [0.3, 0.4) is 0 Å². The Balaban J connectivity index is 2.57. The van der Waals surface area contributed by atoms with Crippen LogP contribution in [0, 0.1) is 5.82 Å². The zero-order valence-electron chi connectivity index (χ0n) is 10.0. The van der Waals surface area contributed by atoms with Crippen molar-refractivity contribution in [2.24, 2.45) is 0 Å². The summed E-state index contributed by atoms with van der Waals surface area (Å²) < 4.78 is 18.7. The summed E-state index contributed by atoms with van der Waals surface area (Å²) in [6.45, 7) is 6.70. The lowest BCUT2D eigenvalue weighted by Crippen LogP contribution is -2.23. The second kappa shape index (κ2) is 5.65. The lowest BCUT2D eigenvalue weighted by Gasteiger charge is -2.24. The molecule has 0 aromatic heterocycles. The second-order valence-electron chi connectivity index (χ2n) is 4.55. The quantitative estimate of drug-likeness (QED) is 0.737. The number of halogens is 2. The van der Waals surface area contributed by atoms with Crippen molar-refractivity contribution in [2.45, 2.75) is 45.8 Å². The van der Waals surface area contributed by atoms with E-state index < -0.39 is 5.82 Å². The van der Waals surface area contributed by atoms with E-state index in [0.717, 1.165) is 18.4 Å². The zero-order valence-corrected chi connectivity index (χ0v) is 10.8. The van der Waals surface area contributed by atoms with Gasteiger partial charge in [-0.1, -0.05) is 31.0 Å². The molecule has 0 aliphatic heterocycles. The van der Waals surface area contributed by atoms with Crippen LogP contribution in [-0.4, -0.2) is 5.60 Å². The van der Waals surface area contributed by atoms with Gasteiger partial charge in [0.1, 0.15) is 5.82 Å². The van der Waals surface area contributed by atoms with Gasteiger partial charge in [0.2, 0.25) is 0 Å². The van der Waals surface area contributed by atoms with Crippen molar-refractivity contribution in [1.29, 1.82) is 0 Å². The molecule has 1 rings (SSSR count). The summed E-state index contributed by atoms with van der Waals surface area (Å²) >= 11 is 5.69. The minimum absolute atomic E-state index is 0.143. The normalized spacial score (nSPS) is 11.8. The molecule has 1 aromatic carbocycles. The van der Waals surface area contributed by atoms with Crippen molar-refractivity contribution in [3.63, 3.8) is 0 Å². The summed E-state index contributed by atoms with van der Waals surface area (Å²) in [6.07, 6.45) is 2.08. The van der Waals surface area contributed by atoms with Gasteiger partial charge in [0.15, 0.2) is 0 Å². The molecule has 0 saturated heterocycles. The van der Waals surface area contributed by atoms with E-state index in [0.29, 0.717) is 6.61 Å². The van der Waals surface area contributed by atoms with Crippen molar-refractivity contribution in [3.05, 3.63) is 34.6 Å². The highest BCUT2D eigenvalue weighted by Gasteiger charge is 2.16. The Kier molecular flexibility index (Phi) is 4.75. The Morgan fingerprint density at radius 1 is 1.38 bits per heavy atom. The third-order valence-corrected chi connectivity index (χ3v) is 2.76. The van der Waals surface area contributed by atoms with Gasteiger partial charge in [0.05, 0.1) is 17.2 Å². The first-order valence-corrected chi connectivity index (χ1v) is 5.90. The highest BCUT2D eigenvalue weighted by atomic mass is 35.5. The van der Waals surface area contributed by atoms with E-state index in [1.54, 1.807) is 12.1 Å². The van der Waals surface area contributed by atoms with Crippen LogP contribution in [0.25, 0.3) is 0 Å². The van der Waals surface area contributed by atoms with Crippen molar-refractivity contribution in [1.82, 2.24) is 0 Å². The van der Waals surface area contributed by atoms with Gasteiger partial charge < -0.3 is 4.74 Å². The van der Waals surface area contributed by atoms with Crippen LogP contribution in [0.4, 0.5) is 4.39 Å². The first-order chi connectivity index (χ1) is 7.44. The molecule has 0 N–H and O–H groups in total. The molecule has 0 spiro atoms. The van der Waals surface area contributed by atoms with Crippen LogP contribution in [-0.2, 0) is 11.3 Å². The number of ether oxygens (including phenoxy) is 1. The van der Waals surface area contributed by atoms with Gasteiger partial charge in [-0.05, 0) is 38.0 Å². The molecule has 0 fully saturated rings. The Labute approximate surface area is 102 Å². The Bertz CT molecular complexity index is 350. The second-order valence-corrected chi connectivity index (χ2v) is 4.95. The summed E-state index contributed by atoms with van der Waals surface area (Å²) in [6, 6.07) is 4.68. The molecule has 0 heterocycles. The summed E-state index contributed by atoms with van der Waals surface area (Å²) in [5.74, 6) is -0.391. The number of rotatable bonds is 5. The fourth-order valence-electron chi connectivity index (χ4n) is 1.58. The summed E-state index contributed by atoms with van der Waals surface area (Å²) in [7, 11) is 0. The molecule has 0 atom stereocenters. The van der Waals surface area contributed by atoms with Crippen LogP contribution in [0.2, 0.25) is 5.02 Å². The van der Waals surface area contributed by atoms with Crippen LogP contribution in [0.15, 0.2) is 18.2 Å². The molecule has 0 aliphatic carbocycles. The molecule has 0 saturated carbocycles. The number of hydrogen-bond acceptors (Lipinski definition) is 1. The fraction of sp³-hybridized carbons (Fsp3) is 0.538. The highest BCUT2D eigenvalue weighted by molar-refractivity contribution is 6.30. The van der Waals surface area contributed by atoms with E-state index in [2.05, 4.69) is 20.8 Å². The maximum absolute atomic E-state index is 12.9. The summed E-state index contributed by atoms with van der Waals surface area (Å²) in [4.78, 5) is 0. The predicted molar refractivity (Wildman–Crippen MR) is 65.2 cm³/mol. The van der Waals surface area contributed by atoms with Gasteiger partial charge in [-0.15, -0.1) is 0 Å². The van der Waals surface area contributed by atoms with Gasteiger partial charge in [-0.25, -0.2) is 4.39 Å². The Morgan fingerprint density at radius 2 is 2.06 bits per heavy atom. The van der Waals surface area contributed by atoms with Gasteiger partial charge >= 0.3 is 0 Å². The maximum atomic E-state index is 12.9.